The van der Waals surface area contributed by atoms with E-state index in [1.54, 1.807) is 25.5 Å². The van der Waals surface area contributed by atoms with Crippen molar-refractivity contribution in [1.29, 1.82) is 0 Å². The minimum absolute atomic E-state index is 0.250. The summed E-state index contributed by atoms with van der Waals surface area (Å²) in [5, 5.41) is 3.96. The van der Waals surface area contributed by atoms with Gasteiger partial charge in [0.2, 0.25) is 0 Å². The Kier molecular flexibility index (Phi) is 5.11. The van der Waals surface area contributed by atoms with Crippen LogP contribution in [0.1, 0.15) is 21.5 Å². The zero-order valence-electron chi connectivity index (χ0n) is 11.8. The van der Waals surface area contributed by atoms with E-state index >= 15 is 0 Å². The number of aryl methyl sites for hydroxylation is 1. The van der Waals surface area contributed by atoms with E-state index in [4.69, 9.17) is 4.74 Å². The third kappa shape index (κ3) is 4.16. The number of halogens is 1. The second-order valence-corrected chi connectivity index (χ2v) is 5.37. The molecule has 1 N–H and O–H groups in total. The molecule has 108 valence electrons. The van der Waals surface area contributed by atoms with Gasteiger partial charge in [0.15, 0.2) is 0 Å². The summed E-state index contributed by atoms with van der Waals surface area (Å²) in [7, 11) is 1.59. The molecule has 0 unspecified atom stereocenters. The van der Waals surface area contributed by atoms with Gasteiger partial charge in [0.25, 0.3) is 5.91 Å². The standard InChI is InChI=1S/C16H15BrN2O2/c1-11-3-5-12(6-4-11)16(20)19-18-10-13-9-14(17)7-8-15(13)21-2/h3-10H,1-2H3,(H,19,20)/b18-10-. The molecule has 0 aliphatic rings. The molecule has 1 amide bonds. The summed E-state index contributed by atoms with van der Waals surface area (Å²) in [6, 6.07) is 12.9. The van der Waals surface area contributed by atoms with E-state index < -0.39 is 0 Å². The molecule has 0 bridgehead atoms. The van der Waals surface area contributed by atoms with Gasteiger partial charge in [-0.05, 0) is 37.3 Å². The number of benzene rings is 2. The minimum atomic E-state index is -0.250. The van der Waals surface area contributed by atoms with Crippen LogP contribution in [0.15, 0.2) is 52.0 Å². The van der Waals surface area contributed by atoms with Gasteiger partial charge in [-0.25, -0.2) is 5.43 Å². The van der Waals surface area contributed by atoms with Gasteiger partial charge in [-0.15, -0.1) is 0 Å². The molecule has 0 radical (unpaired) electrons. The first kappa shape index (κ1) is 15.3. The number of hydrogen-bond donors (Lipinski definition) is 1. The average molecular weight is 347 g/mol. The highest BCUT2D eigenvalue weighted by atomic mass is 79.9. The topological polar surface area (TPSA) is 50.7 Å². The lowest BCUT2D eigenvalue weighted by Crippen LogP contribution is -2.17. The van der Waals surface area contributed by atoms with Crippen molar-refractivity contribution in [2.24, 2.45) is 5.10 Å². The Morgan fingerprint density at radius 1 is 1.24 bits per heavy atom. The van der Waals surface area contributed by atoms with Gasteiger partial charge >= 0.3 is 0 Å². The molecule has 0 aliphatic carbocycles. The summed E-state index contributed by atoms with van der Waals surface area (Å²) in [6.07, 6.45) is 1.55. The van der Waals surface area contributed by atoms with Crippen molar-refractivity contribution in [3.63, 3.8) is 0 Å². The number of ether oxygens (including phenoxy) is 1. The third-order valence-electron chi connectivity index (χ3n) is 2.88. The Labute approximate surface area is 132 Å². The van der Waals surface area contributed by atoms with Crippen LogP contribution in [0.2, 0.25) is 0 Å². The fraction of sp³-hybridized carbons (Fsp3) is 0.125. The molecule has 0 heterocycles. The van der Waals surface area contributed by atoms with Crippen LogP contribution < -0.4 is 10.2 Å². The van der Waals surface area contributed by atoms with Crippen LogP contribution in [0.4, 0.5) is 0 Å². The fourth-order valence-corrected chi connectivity index (χ4v) is 2.11. The second kappa shape index (κ2) is 7.04. The summed E-state index contributed by atoms with van der Waals surface area (Å²) >= 11 is 3.39. The van der Waals surface area contributed by atoms with Crippen molar-refractivity contribution >= 4 is 28.1 Å². The Morgan fingerprint density at radius 2 is 1.95 bits per heavy atom. The highest BCUT2D eigenvalue weighted by molar-refractivity contribution is 9.10. The van der Waals surface area contributed by atoms with Crippen LogP contribution in [0.5, 0.6) is 5.75 Å². The number of carbonyl (C=O) groups is 1. The SMILES string of the molecule is COc1ccc(Br)cc1/C=N\NC(=O)c1ccc(C)cc1. The summed E-state index contributed by atoms with van der Waals surface area (Å²) in [5.41, 5.74) is 4.95. The smallest absolute Gasteiger partial charge is 0.271 e. The molecule has 0 spiro atoms. The summed E-state index contributed by atoms with van der Waals surface area (Å²) in [5.74, 6) is 0.437. The molecule has 0 fully saturated rings. The number of amides is 1. The molecular formula is C16H15BrN2O2. The maximum atomic E-state index is 11.9. The normalized spacial score (nSPS) is 10.6. The lowest BCUT2D eigenvalue weighted by Gasteiger charge is -2.04. The Balaban J connectivity index is 2.07. The molecule has 0 saturated heterocycles. The van der Waals surface area contributed by atoms with E-state index in [0.717, 1.165) is 15.6 Å². The van der Waals surface area contributed by atoms with E-state index in [2.05, 4.69) is 26.5 Å². The van der Waals surface area contributed by atoms with Crippen LogP contribution in [-0.4, -0.2) is 19.2 Å². The molecule has 0 aliphatic heterocycles. The van der Waals surface area contributed by atoms with Gasteiger partial charge in [-0.1, -0.05) is 33.6 Å². The van der Waals surface area contributed by atoms with Crippen LogP contribution in [0.3, 0.4) is 0 Å². The van der Waals surface area contributed by atoms with Crippen molar-refractivity contribution in [3.8, 4) is 5.75 Å². The number of nitrogens with one attached hydrogen (secondary N) is 1. The molecular weight excluding hydrogens is 332 g/mol. The number of hydrogen-bond acceptors (Lipinski definition) is 3. The van der Waals surface area contributed by atoms with Crippen molar-refractivity contribution in [1.82, 2.24) is 5.43 Å². The fourth-order valence-electron chi connectivity index (χ4n) is 1.74. The highest BCUT2D eigenvalue weighted by Gasteiger charge is 2.04. The van der Waals surface area contributed by atoms with Crippen LogP contribution in [0.25, 0.3) is 0 Å². The predicted molar refractivity (Wildman–Crippen MR) is 86.9 cm³/mol. The van der Waals surface area contributed by atoms with Crippen LogP contribution in [-0.2, 0) is 0 Å². The first-order chi connectivity index (χ1) is 10.1. The number of methoxy groups -OCH3 is 1. The van der Waals surface area contributed by atoms with E-state index in [1.807, 2.05) is 37.3 Å². The number of rotatable bonds is 4. The maximum absolute atomic E-state index is 11.9. The van der Waals surface area contributed by atoms with Gasteiger partial charge in [-0.3, -0.25) is 4.79 Å². The van der Waals surface area contributed by atoms with Gasteiger partial charge in [0.05, 0.1) is 13.3 Å². The van der Waals surface area contributed by atoms with E-state index in [-0.39, 0.29) is 5.91 Å². The molecule has 0 saturated carbocycles. The van der Waals surface area contributed by atoms with E-state index in [1.165, 1.54) is 0 Å². The van der Waals surface area contributed by atoms with Crippen LogP contribution >= 0.6 is 15.9 Å². The average Bonchev–Trinajstić information content (AvgIpc) is 2.48. The summed E-state index contributed by atoms with van der Waals surface area (Å²) < 4.78 is 6.14. The molecule has 0 aromatic heterocycles. The maximum Gasteiger partial charge on any atom is 0.271 e. The number of nitrogens with zero attached hydrogens (tertiary/aromatic N) is 1. The van der Waals surface area contributed by atoms with E-state index in [0.29, 0.717) is 11.3 Å². The van der Waals surface area contributed by atoms with Crippen molar-refractivity contribution < 1.29 is 9.53 Å². The summed E-state index contributed by atoms with van der Waals surface area (Å²) in [4.78, 5) is 11.9. The largest absolute Gasteiger partial charge is 0.496 e. The first-order valence-corrected chi connectivity index (χ1v) is 7.13. The Hall–Kier alpha value is -2.14. The zero-order chi connectivity index (χ0) is 15.2. The lowest BCUT2D eigenvalue weighted by molar-refractivity contribution is 0.0955. The second-order valence-electron chi connectivity index (χ2n) is 4.45. The lowest BCUT2D eigenvalue weighted by atomic mass is 10.1. The van der Waals surface area contributed by atoms with Crippen molar-refractivity contribution in [2.45, 2.75) is 6.92 Å². The molecule has 2 aromatic rings. The van der Waals surface area contributed by atoms with Crippen molar-refractivity contribution in [2.75, 3.05) is 7.11 Å². The molecule has 0 atom stereocenters. The van der Waals surface area contributed by atoms with E-state index in [9.17, 15) is 4.79 Å². The Bertz CT molecular complexity index is 666. The molecule has 5 heteroatoms. The predicted octanol–water partition coefficient (Wildman–Crippen LogP) is 3.53. The van der Waals surface area contributed by atoms with Crippen LogP contribution in [0, 0.1) is 6.92 Å². The van der Waals surface area contributed by atoms with Gasteiger partial charge in [-0.2, -0.15) is 5.10 Å². The Morgan fingerprint density at radius 3 is 2.62 bits per heavy atom. The van der Waals surface area contributed by atoms with Gasteiger partial charge in [0, 0.05) is 15.6 Å². The molecule has 2 aromatic carbocycles. The third-order valence-corrected chi connectivity index (χ3v) is 3.37. The van der Waals surface area contributed by atoms with Crippen molar-refractivity contribution in [3.05, 3.63) is 63.6 Å². The first-order valence-electron chi connectivity index (χ1n) is 6.34. The monoisotopic (exact) mass is 346 g/mol. The quantitative estimate of drug-likeness (QED) is 0.680. The summed E-state index contributed by atoms with van der Waals surface area (Å²) in [6.45, 7) is 1.97. The van der Waals surface area contributed by atoms with Gasteiger partial charge < -0.3 is 4.74 Å². The number of hydrazone groups is 1. The molecule has 4 nitrogen and oxygen atoms in total. The molecule has 2 rings (SSSR count). The molecule has 21 heavy (non-hydrogen) atoms. The highest BCUT2D eigenvalue weighted by Crippen LogP contribution is 2.21. The number of carbonyl (C=O) groups excluding carboxylic acids is 1. The van der Waals surface area contributed by atoms with Gasteiger partial charge in [0.1, 0.15) is 5.75 Å². The zero-order valence-corrected chi connectivity index (χ0v) is 13.3. The minimum Gasteiger partial charge on any atom is -0.496 e.